The Morgan fingerprint density at radius 1 is 1.47 bits per heavy atom. The Hall–Kier alpha value is -1.18. The van der Waals surface area contributed by atoms with E-state index in [1.165, 1.54) is 18.2 Å². The summed E-state index contributed by atoms with van der Waals surface area (Å²) in [5.41, 5.74) is -0.336. The van der Waals surface area contributed by atoms with E-state index >= 15 is 0 Å². The second-order valence-corrected chi connectivity index (χ2v) is 4.78. The number of halogens is 1. The number of hydrogen-bond donors (Lipinski definition) is 3. The number of benzene rings is 1. The molecule has 0 atom stereocenters. The van der Waals surface area contributed by atoms with Crippen LogP contribution in [0.2, 0.25) is 0 Å². The van der Waals surface area contributed by atoms with Crippen LogP contribution in [0.25, 0.3) is 0 Å². The number of hydrogen-bond acceptors (Lipinski definition) is 5. The molecule has 1 rings (SSSR count). The Morgan fingerprint density at radius 3 is 2.47 bits per heavy atom. The van der Waals surface area contributed by atoms with Gasteiger partial charge in [-0.3, -0.25) is 10.1 Å². The van der Waals surface area contributed by atoms with E-state index in [2.05, 4.69) is 21.2 Å². The van der Waals surface area contributed by atoms with Crippen molar-refractivity contribution in [2.75, 3.05) is 18.5 Å². The number of rotatable bonds is 5. The second kappa shape index (κ2) is 5.44. The summed E-state index contributed by atoms with van der Waals surface area (Å²) in [7, 11) is 0. The van der Waals surface area contributed by atoms with E-state index in [4.69, 9.17) is 10.2 Å². The summed E-state index contributed by atoms with van der Waals surface area (Å²) in [6.45, 7) is 1.13. The summed E-state index contributed by atoms with van der Waals surface area (Å²) < 4.78 is 0.500. The highest BCUT2D eigenvalue weighted by atomic mass is 79.9. The van der Waals surface area contributed by atoms with Gasteiger partial charge in [-0.15, -0.1) is 0 Å². The first-order valence-electron chi connectivity index (χ1n) is 4.86. The molecular weight excluding hydrogens is 292 g/mol. The average Bonchev–Trinajstić information content (AvgIpc) is 2.31. The zero-order valence-electron chi connectivity index (χ0n) is 9.18. The molecule has 7 heteroatoms. The number of non-ortho nitro benzene ring substituents is 1. The number of anilines is 1. The molecular formula is C10H13BrN2O4. The van der Waals surface area contributed by atoms with Gasteiger partial charge in [0.25, 0.3) is 5.69 Å². The normalized spacial score (nSPS) is 11.3. The lowest BCUT2D eigenvalue weighted by molar-refractivity contribution is -0.384. The van der Waals surface area contributed by atoms with E-state index in [9.17, 15) is 10.1 Å². The molecule has 0 saturated heterocycles. The third kappa shape index (κ3) is 3.39. The topological polar surface area (TPSA) is 95.6 Å². The molecule has 1 aromatic rings. The van der Waals surface area contributed by atoms with E-state index in [1.54, 1.807) is 6.92 Å². The molecule has 0 aromatic heterocycles. The number of nitrogens with one attached hydrogen (secondary N) is 1. The highest BCUT2D eigenvalue weighted by molar-refractivity contribution is 9.10. The summed E-state index contributed by atoms with van der Waals surface area (Å²) in [6.07, 6.45) is 0. The highest BCUT2D eigenvalue weighted by Crippen LogP contribution is 2.29. The molecule has 0 fully saturated rings. The van der Waals surface area contributed by atoms with Crippen LogP contribution in [-0.4, -0.2) is 33.9 Å². The molecule has 94 valence electrons. The molecule has 0 heterocycles. The van der Waals surface area contributed by atoms with Crippen molar-refractivity contribution in [1.29, 1.82) is 0 Å². The Morgan fingerprint density at radius 2 is 2.06 bits per heavy atom. The molecule has 1 aromatic carbocycles. The Balaban J connectivity index is 2.97. The Bertz CT molecular complexity index is 421. The van der Waals surface area contributed by atoms with Gasteiger partial charge in [-0.1, -0.05) is 0 Å². The third-order valence-electron chi connectivity index (χ3n) is 2.30. The van der Waals surface area contributed by atoms with Crippen LogP contribution in [0.15, 0.2) is 22.7 Å². The molecule has 0 saturated carbocycles. The van der Waals surface area contributed by atoms with Crippen LogP contribution in [0.4, 0.5) is 11.4 Å². The van der Waals surface area contributed by atoms with Crippen molar-refractivity contribution in [3.05, 3.63) is 32.8 Å². The van der Waals surface area contributed by atoms with Gasteiger partial charge in [-0.25, -0.2) is 0 Å². The standard InChI is InChI=1S/C10H13BrN2O4/c1-10(5-14,6-15)12-9-3-2-7(13(16)17)4-8(9)11/h2-4,12,14-15H,5-6H2,1H3. The van der Waals surface area contributed by atoms with Gasteiger partial charge in [0.05, 0.1) is 23.7 Å². The predicted octanol–water partition coefficient (Wildman–Crippen LogP) is 1.51. The van der Waals surface area contributed by atoms with E-state index in [0.29, 0.717) is 10.2 Å². The summed E-state index contributed by atoms with van der Waals surface area (Å²) in [5.74, 6) is 0. The van der Waals surface area contributed by atoms with Gasteiger partial charge in [-0.2, -0.15) is 0 Å². The smallest absolute Gasteiger partial charge is 0.270 e. The fourth-order valence-corrected chi connectivity index (χ4v) is 1.64. The van der Waals surface area contributed by atoms with Crippen molar-refractivity contribution in [2.45, 2.75) is 12.5 Å². The van der Waals surface area contributed by atoms with Crippen LogP contribution in [0, 0.1) is 10.1 Å². The first-order chi connectivity index (χ1) is 7.91. The maximum atomic E-state index is 10.5. The maximum Gasteiger partial charge on any atom is 0.270 e. The molecule has 0 aliphatic heterocycles. The number of aliphatic hydroxyl groups is 2. The van der Waals surface area contributed by atoms with E-state index in [0.717, 1.165) is 0 Å². The van der Waals surface area contributed by atoms with Gasteiger partial charge in [0.1, 0.15) is 0 Å². The largest absolute Gasteiger partial charge is 0.394 e. The first kappa shape index (κ1) is 13.9. The third-order valence-corrected chi connectivity index (χ3v) is 2.95. The summed E-state index contributed by atoms with van der Waals surface area (Å²) in [4.78, 5) is 10.1. The highest BCUT2D eigenvalue weighted by Gasteiger charge is 2.23. The van der Waals surface area contributed by atoms with Gasteiger partial charge >= 0.3 is 0 Å². The number of nitro benzene ring substituents is 1. The van der Waals surface area contributed by atoms with Crippen molar-refractivity contribution in [3.8, 4) is 0 Å². The fraction of sp³-hybridized carbons (Fsp3) is 0.400. The summed E-state index contributed by atoms with van der Waals surface area (Å²) in [6, 6.07) is 4.23. The van der Waals surface area contributed by atoms with E-state index in [-0.39, 0.29) is 18.9 Å². The molecule has 0 radical (unpaired) electrons. The number of nitrogens with zero attached hydrogens (tertiary/aromatic N) is 1. The minimum absolute atomic E-state index is 0.0304. The zero-order valence-corrected chi connectivity index (χ0v) is 10.8. The lowest BCUT2D eigenvalue weighted by Crippen LogP contribution is -2.42. The van der Waals surface area contributed by atoms with Crippen LogP contribution >= 0.6 is 15.9 Å². The quantitative estimate of drug-likeness (QED) is 0.566. The van der Waals surface area contributed by atoms with Crippen molar-refractivity contribution >= 4 is 27.3 Å². The lowest BCUT2D eigenvalue weighted by atomic mass is 10.1. The van der Waals surface area contributed by atoms with Gasteiger partial charge in [0, 0.05) is 22.3 Å². The molecule has 0 spiro atoms. The van der Waals surface area contributed by atoms with Gasteiger partial charge < -0.3 is 15.5 Å². The summed E-state index contributed by atoms with van der Waals surface area (Å²) in [5, 5.41) is 31.7. The summed E-state index contributed by atoms with van der Waals surface area (Å²) >= 11 is 3.20. The zero-order chi connectivity index (χ0) is 13.1. The predicted molar refractivity (Wildman–Crippen MR) is 67.0 cm³/mol. The fourth-order valence-electron chi connectivity index (χ4n) is 1.17. The molecule has 0 aliphatic rings. The van der Waals surface area contributed by atoms with Crippen molar-refractivity contribution in [3.63, 3.8) is 0 Å². The molecule has 3 N–H and O–H groups in total. The van der Waals surface area contributed by atoms with E-state index < -0.39 is 10.5 Å². The number of aliphatic hydroxyl groups excluding tert-OH is 2. The average molecular weight is 305 g/mol. The second-order valence-electron chi connectivity index (χ2n) is 3.92. The molecule has 6 nitrogen and oxygen atoms in total. The van der Waals surface area contributed by atoms with Crippen LogP contribution < -0.4 is 5.32 Å². The minimum atomic E-state index is -0.876. The van der Waals surface area contributed by atoms with Gasteiger partial charge in [0.2, 0.25) is 0 Å². The molecule has 0 amide bonds. The minimum Gasteiger partial charge on any atom is -0.394 e. The molecule has 0 unspecified atom stereocenters. The van der Waals surface area contributed by atoms with Crippen molar-refractivity contribution < 1.29 is 15.1 Å². The number of nitro groups is 1. The molecule has 0 aliphatic carbocycles. The Labute approximate surface area is 107 Å². The first-order valence-corrected chi connectivity index (χ1v) is 5.65. The Kier molecular flexibility index (Phi) is 4.44. The van der Waals surface area contributed by atoms with Crippen LogP contribution in [-0.2, 0) is 0 Å². The van der Waals surface area contributed by atoms with Crippen LogP contribution in [0.5, 0.6) is 0 Å². The van der Waals surface area contributed by atoms with Crippen molar-refractivity contribution in [1.82, 2.24) is 0 Å². The van der Waals surface area contributed by atoms with Crippen LogP contribution in [0.3, 0.4) is 0 Å². The lowest BCUT2D eigenvalue weighted by Gasteiger charge is -2.28. The van der Waals surface area contributed by atoms with Gasteiger partial charge in [0.15, 0.2) is 0 Å². The molecule has 0 bridgehead atoms. The van der Waals surface area contributed by atoms with E-state index in [1.807, 2.05) is 0 Å². The monoisotopic (exact) mass is 304 g/mol. The van der Waals surface area contributed by atoms with Crippen LogP contribution in [0.1, 0.15) is 6.92 Å². The SMILES string of the molecule is CC(CO)(CO)Nc1ccc([N+](=O)[O-])cc1Br. The van der Waals surface area contributed by atoms with Crippen molar-refractivity contribution in [2.24, 2.45) is 0 Å². The molecule has 17 heavy (non-hydrogen) atoms. The maximum absolute atomic E-state index is 10.5. The van der Waals surface area contributed by atoms with Gasteiger partial charge in [-0.05, 0) is 28.9 Å².